The fourth-order valence-electron chi connectivity index (χ4n) is 3.59. The predicted molar refractivity (Wildman–Crippen MR) is 82.9 cm³/mol. The van der Waals surface area contributed by atoms with Gasteiger partial charge in [-0.2, -0.15) is 0 Å². The molecule has 6 nitrogen and oxygen atoms in total. The van der Waals surface area contributed by atoms with Gasteiger partial charge < -0.3 is 14.6 Å². The molecule has 1 fully saturated rings. The van der Waals surface area contributed by atoms with Crippen LogP contribution in [0.25, 0.3) is 0 Å². The second-order valence-electron chi connectivity index (χ2n) is 6.19. The van der Waals surface area contributed by atoms with Crippen LogP contribution in [0.3, 0.4) is 0 Å². The molecule has 1 aromatic rings. The van der Waals surface area contributed by atoms with Crippen molar-refractivity contribution in [2.24, 2.45) is 0 Å². The van der Waals surface area contributed by atoms with Crippen molar-refractivity contribution < 1.29 is 27.8 Å². The molecule has 0 amide bonds. The number of benzene rings is 1. The summed E-state index contributed by atoms with van der Waals surface area (Å²) in [5, 5.41) is 9.87. The third-order valence-corrected chi connectivity index (χ3v) is 5.81. The van der Waals surface area contributed by atoms with Gasteiger partial charge in [0.2, 0.25) is 0 Å². The van der Waals surface area contributed by atoms with Crippen LogP contribution in [0.2, 0.25) is 0 Å². The molecule has 126 valence electrons. The minimum Gasteiger partial charge on any atom is -0.486 e. The molecule has 1 aliphatic heterocycles. The summed E-state index contributed by atoms with van der Waals surface area (Å²) in [4.78, 5) is 12.0. The number of fused-ring (bicyclic) bond motifs is 1. The van der Waals surface area contributed by atoms with E-state index in [2.05, 4.69) is 0 Å². The fourth-order valence-corrected chi connectivity index (χ4v) is 4.75. The van der Waals surface area contributed by atoms with Gasteiger partial charge in [0.15, 0.2) is 21.3 Å². The molecule has 0 bridgehead atoms. The maximum atomic E-state index is 12.4. The summed E-state index contributed by atoms with van der Waals surface area (Å²) in [6.45, 7) is 0.596. The number of rotatable bonds is 3. The highest BCUT2D eigenvalue weighted by molar-refractivity contribution is 7.90. The smallest absolute Gasteiger partial charge is 0.314 e. The molecule has 0 aromatic heterocycles. The summed E-state index contributed by atoms with van der Waals surface area (Å²) in [5.74, 6) is -0.460. The Hall–Kier alpha value is -1.76. The van der Waals surface area contributed by atoms with Gasteiger partial charge >= 0.3 is 5.97 Å². The van der Waals surface area contributed by atoms with E-state index in [1.54, 1.807) is 12.1 Å². The zero-order chi connectivity index (χ0) is 16.7. The third-order valence-electron chi connectivity index (χ3n) is 4.67. The molecule has 7 heteroatoms. The van der Waals surface area contributed by atoms with Crippen LogP contribution in [-0.2, 0) is 20.0 Å². The van der Waals surface area contributed by atoms with E-state index in [9.17, 15) is 18.3 Å². The Balaban J connectivity index is 2.28. The van der Waals surface area contributed by atoms with Crippen molar-refractivity contribution in [3.63, 3.8) is 0 Å². The fraction of sp³-hybridized carbons (Fsp3) is 0.562. The van der Waals surface area contributed by atoms with Crippen molar-refractivity contribution in [2.45, 2.75) is 42.4 Å². The van der Waals surface area contributed by atoms with Crippen molar-refractivity contribution in [3.8, 4) is 11.5 Å². The minimum absolute atomic E-state index is 0.0287. The predicted octanol–water partition coefficient (Wildman–Crippen LogP) is 2.15. The van der Waals surface area contributed by atoms with Gasteiger partial charge in [0.05, 0.1) is 5.41 Å². The maximum absolute atomic E-state index is 12.4. The monoisotopic (exact) mass is 340 g/mol. The van der Waals surface area contributed by atoms with Gasteiger partial charge in [0.25, 0.3) is 0 Å². The summed E-state index contributed by atoms with van der Waals surface area (Å²) in [7, 11) is -3.66. The molecule has 1 aromatic carbocycles. The van der Waals surface area contributed by atoms with E-state index in [0.717, 1.165) is 25.5 Å². The van der Waals surface area contributed by atoms with Gasteiger partial charge in [-0.1, -0.05) is 25.3 Å². The molecule has 1 aliphatic carbocycles. The van der Waals surface area contributed by atoms with Crippen molar-refractivity contribution in [3.05, 3.63) is 17.7 Å². The lowest BCUT2D eigenvalue weighted by Crippen LogP contribution is -2.39. The van der Waals surface area contributed by atoms with Gasteiger partial charge in [0.1, 0.15) is 18.1 Å². The first kappa shape index (κ1) is 16.1. The summed E-state index contributed by atoms with van der Waals surface area (Å²) in [6, 6.07) is 3.21. The second-order valence-corrected chi connectivity index (χ2v) is 8.14. The summed E-state index contributed by atoms with van der Waals surface area (Å²) < 4.78 is 35.8. The standard InChI is InChI=1S/C16H20O6S/c1-23(19,20)14-11(5-6-12-13(14)22-10-9-21-12)16(15(17)18)7-3-2-4-8-16/h5-6H,2-4,7-10H2,1H3,(H,17,18). The Labute approximate surface area is 135 Å². The molecule has 2 aliphatic rings. The van der Waals surface area contributed by atoms with Crippen molar-refractivity contribution in [1.82, 2.24) is 0 Å². The van der Waals surface area contributed by atoms with Gasteiger partial charge in [-0.3, -0.25) is 4.79 Å². The Morgan fingerprint density at radius 3 is 2.39 bits per heavy atom. The first-order valence-electron chi connectivity index (χ1n) is 7.73. The van der Waals surface area contributed by atoms with Crippen LogP contribution < -0.4 is 9.47 Å². The molecule has 1 heterocycles. The molecule has 0 unspecified atom stereocenters. The Morgan fingerprint density at radius 2 is 1.78 bits per heavy atom. The number of ether oxygens (including phenoxy) is 2. The van der Waals surface area contributed by atoms with Crippen molar-refractivity contribution in [1.29, 1.82) is 0 Å². The quantitative estimate of drug-likeness (QED) is 0.907. The summed E-state index contributed by atoms with van der Waals surface area (Å²) >= 11 is 0. The number of hydrogen-bond donors (Lipinski definition) is 1. The average Bonchev–Trinajstić information content (AvgIpc) is 2.53. The number of aliphatic carboxylic acids is 1. The number of hydrogen-bond acceptors (Lipinski definition) is 5. The van der Waals surface area contributed by atoms with E-state index < -0.39 is 21.2 Å². The number of carboxylic acid groups (broad SMARTS) is 1. The normalized spacial score (nSPS) is 20.0. The van der Waals surface area contributed by atoms with Gasteiger partial charge in [-0.05, 0) is 24.5 Å². The number of carboxylic acids is 1. The van der Waals surface area contributed by atoms with Crippen LogP contribution in [0.4, 0.5) is 0 Å². The van der Waals surface area contributed by atoms with Crippen LogP contribution in [-0.4, -0.2) is 39.0 Å². The summed E-state index contributed by atoms with van der Waals surface area (Å²) in [5.41, 5.74) is -0.844. The molecule has 3 rings (SSSR count). The molecule has 1 N–H and O–H groups in total. The van der Waals surface area contributed by atoms with Crippen LogP contribution in [0.1, 0.15) is 37.7 Å². The lowest BCUT2D eigenvalue weighted by molar-refractivity contribution is -0.145. The van der Waals surface area contributed by atoms with E-state index in [1.807, 2.05) is 0 Å². The topological polar surface area (TPSA) is 89.9 Å². The van der Waals surface area contributed by atoms with Crippen LogP contribution in [0.15, 0.2) is 17.0 Å². The first-order chi connectivity index (χ1) is 10.9. The van der Waals surface area contributed by atoms with Crippen molar-refractivity contribution >= 4 is 15.8 Å². The molecule has 23 heavy (non-hydrogen) atoms. The Morgan fingerprint density at radius 1 is 1.13 bits per heavy atom. The van der Waals surface area contributed by atoms with E-state index in [1.165, 1.54) is 0 Å². The van der Waals surface area contributed by atoms with Crippen LogP contribution in [0.5, 0.6) is 11.5 Å². The zero-order valence-corrected chi connectivity index (χ0v) is 13.8. The Bertz CT molecular complexity index is 731. The first-order valence-corrected chi connectivity index (χ1v) is 9.62. The lowest BCUT2D eigenvalue weighted by Gasteiger charge is -2.35. The number of sulfone groups is 1. The molecule has 1 saturated carbocycles. The highest BCUT2D eigenvalue weighted by Crippen LogP contribution is 2.48. The average molecular weight is 340 g/mol. The molecule has 0 spiro atoms. The molecule has 0 radical (unpaired) electrons. The Kier molecular flexibility index (Phi) is 4.00. The van der Waals surface area contributed by atoms with Gasteiger partial charge in [-0.15, -0.1) is 0 Å². The summed E-state index contributed by atoms with van der Waals surface area (Å²) in [6.07, 6.45) is 4.46. The van der Waals surface area contributed by atoms with E-state index >= 15 is 0 Å². The number of carbonyl (C=O) groups is 1. The largest absolute Gasteiger partial charge is 0.486 e. The van der Waals surface area contributed by atoms with E-state index in [-0.39, 0.29) is 17.3 Å². The molecular formula is C16H20O6S. The van der Waals surface area contributed by atoms with Gasteiger partial charge in [0, 0.05) is 6.26 Å². The van der Waals surface area contributed by atoms with Gasteiger partial charge in [-0.25, -0.2) is 8.42 Å². The maximum Gasteiger partial charge on any atom is 0.314 e. The second kappa shape index (κ2) is 5.70. The molecule has 0 atom stereocenters. The van der Waals surface area contributed by atoms with Crippen molar-refractivity contribution in [2.75, 3.05) is 19.5 Å². The third kappa shape index (κ3) is 2.67. The lowest BCUT2D eigenvalue weighted by atomic mass is 9.69. The SMILES string of the molecule is CS(=O)(=O)c1c(C2(C(=O)O)CCCCC2)ccc2c1OCCO2. The zero-order valence-electron chi connectivity index (χ0n) is 13.0. The molecular weight excluding hydrogens is 320 g/mol. The minimum atomic E-state index is -3.66. The highest BCUT2D eigenvalue weighted by Gasteiger charge is 2.45. The molecule has 0 saturated heterocycles. The van der Waals surface area contributed by atoms with E-state index in [0.29, 0.717) is 30.8 Å². The van der Waals surface area contributed by atoms with E-state index in [4.69, 9.17) is 9.47 Å². The van der Waals surface area contributed by atoms with Crippen LogP contribution in [0, 0.1) is 0 Å². The highest BCUT2D eigenvalue weighted by atomic mass is 32.2. The van der Waals surface area contributed by atoms with Crippen LogP contribution >= 0.6 is 0 Å².